The predicted molar refractivity (Wildman–Crippen MR) is 68.3 cm³/mol. The molecule has 0 unspecified atom stereocenters. The van der Waals surface area contributed by atoms with E-state index >= 15 is 0 Å². The van der Waals surface area contributed by atoms with Crippen LogP contribution >= 0.6 is 0 Å². The zero-order valence-corrected chi connectivity index (χ0v) is 11.8. The Morgan fingerprint density at radius 2 is 1.62 bits per heavy atom. The summed E-state index contributed by atoms with van der Waals surface area (Å²) >= 11 is 0. The van der Waals surface area contributed by atoms with Crippen LogP contribution in [0.3, 0.4) is 0 Å². The number of amides is 1. The molecule has 100 valence electrons. The van der Waals surface area contributed by atoms with Gasteiger partial charge in [-0.25, -0.2) is 0 Å². The number of carbonyl (C=O) groups is 1. The van der Waals surface area contributed by atoms with Crippen molar-refractivity contribution in [1.29, 1.82) is 0 Å². The monoisotopic (exact) mass is 271 g/mol. The van der Waals surface area contributed by atoms with Crippen LogP contribution in [-0.2, 0) is 4.79 Å². The Kier molecular flexibility index (Phi) is 14.6. The van der Waals surface area contributed by atoms with Gasteiger partial charge in [0.2, 0.25) is 0 Å². The third kappa shape index (κ3) is 7.31. The number of rotatable bonds is 3. The fourth-order valence-corrected chi connectivity index (χ4v) is 1.36. The smallest absolute Gasteiger partial charge is 0.870 e. The van der Waals surface area contributed by atoms with Crippen molar-refractivity contribution in [2.75, 3.05) is 5.32 Å². The summed E-state index contributed by atoms with van der Waals surface area (Å²) in [5.41, 5.74) is 1.51. The molecule has 1 amide bonds. The van der Waals surface area contributed by atoms with Gasteiger partial charge >= 0.3 is 37.7 Å². The molecule has 3 N–H and O–H groups in total. The fraction of sp³-hybridized carbons (Fsp3) is 0. The minimum Gasteiger partial charge on any atom is -0.870 e. The predicted octanol–water partition coefficient (Wildman–Crippen LogP) is -4.15. The Morgan fingerprint density at radius 3 is 2.10 bits per heavy atom. The molecule has 0 aliphatic heterocycles. The van der Waals surface area contributed by atoms with Crippen LogP contribution in [0.4, 0.5) is 5.69 Å². The molecule has 0 aliphatic rings. The van der Waals surface area contributed by atoms with Crippen molar-refractivity contribution in [3.8, 4) is 0 Å². The van der Waals surface area contributed by atoms with Crippen molar-refractivity contribution in [1.82, 2.24) is 0 Å². The summed E-state index contributed by atoms with van der Waals surface area (Å²) in [5.74, 6) is -0.193. The topological polar surface area (TPSA) is 106 Å². The Morgan fingerprint density at radius 1 is 1.00 bits per heavy atom. The molecule has 0 saturated heterocycles. The molecule has 7 heteroatoms. The average Bonchev–Trinajstić information content (AvgIpc) is 2.40. The van der Waals surface area contributed by atoms with E-state index < -0.39 is 0 Å². The van der Waals surface area contributed by atoms with Crippen LogP contribution in [0, 0.1) is 6.07 Å². The van der Waals surface area contributed by atoms with Crippen molar-refractivity contribution in [3.63, 3.8) is 0 Å². The van der Waals surface area contributed by atoms with Gasteiger partial charge in [-0.2, -0.15) is 12.1 Å². The Hall–Kier alpha value is -1.31. The third-order valence-electron chi connectivity index (χ3n) is 2.22. The van der Waals surface area contributed by atoms with E-state index in [0.717, 1.165) is 0 Å². The van der Waals surface area contributed by atoms with Gasteiger partial charge in [0.1, 0.15) is 0 Å². The van der Waals surface area contributed by atoms with Crippen LogP contribution in [0.1, 0.15) is 15.9 Å². The molecular weight excluding hydrogens is 260 g/mol. The normalized spacial score (nSPS) is 7.81. The Labute approximate surface area is 147 Å². The van der Waals surface area contributed by atoms with Crippen LogP contribution in [0.25, 0.3) is 0 Å². The molecular formula is C14H11Li2NO4-2. The summed E-state index contributed by atoms with van der Waals surface area (Å²) in [5, 5.41) is 2.71. The zero-order chi connectivity index (χ0) is 12.1. The summed E-state index contributed by atoms with van der Waals surface area (Å²) in [6.45, 7) is 0. The maximum absolute atomic E-state index is 11.8. The van der Waals surface area contributed by atoms with Crippen LogP contribution in [0.5, 0.6) is 0 Å². The van der Waals surface area contributed by atoms with E-state index in [1.165, 1.54) is 0 Å². The number of hydrogen-bond donors (Lipinski definition) is 1. The standard InChI is InChI=1S/C14H9NO2.2Li.2H2O/c16-10-11-6-8-13(9-7-11)15-14(17)12-4-2-1-3-5-12;;;;/h1-6,8-9H,(H,15,17);;;2*1H2/q-2;2*+1;;/p-2. The van der Waals surface area contributed by atoms with Gasteiger partial charge in [-0.15, -0.1) is 6.29 Å². The van der Waals surface area contributed by atoms with Crippen LogP contribution in [0.15, 0.2) is 48.5 Å². The molecule has 0 bridgehead atoms. The van der Waals surface area contributed by atoms with Crippen LogP contribution < -0.4 is 43.0 Å². The zero-order valence-electron chi connectivity index (χ0n) is 11.8. The third-order valence-corrected chi connectivity index (χ3v) is 2.22. The quantitative estimate of drug-likeness (QED) is 0.451. The van der Waals surface area contributed by atoms with E-state index in [-0.39, 0.29) is 54.6 Å². The van der Waals surface area contributed by atoms with Gasteiger partial charge < -0.3 is 32.7 Å². The molecule has 21 heavy (non-hydrogen) atoms. The Balaban J connectivity index is -0.000000810. The number of hydrogen-bond acceptors (Lipinski definition) is 4. The van der Waals surface area contributed by atoms with Crippen LogP contribution in [0.2, 0.25) is 0 Å². The first-order valence-corrected chi connectivity index (χ1v) is 5.06. The molecule has 0 saturated carbocycles. The summed E-state index contributed by atoms with van der Waals surface area (Å²) in [6, 6.07) is 16.3. The SMILES string of the molecule is O=[C-]c1[c-]cc(NC(=O)c2ccccc2)cc1.[Li+].[Li+].[OH-].[OH-]. The first-order valence-electron chi connectivity index (χ1n) is 5.06. The van der Waals surface area contributed by atoms with E-state index in [9.17, 15) is 9.59 Å². The minimum atomic E-state index is -0.193. The summed E-state index contributed by atoms with van der Waals surface area (Å²) < 4.78 is 0. The molecule has 2 aromatic rings. The van der Waals surface area contributed by atoms with E-state index in [1.54, 1.807) is 48.8 Å². The van der Waals surface area contributed by atoms with Gasteiger partial charge in [-0.05, 0) is 17.8 Å². The van der Waals surface area contributed by atoms with E-state index in [2.05, 4.69) is 11.4 Å². The maximum Gasteiger partial charge on any atom is 1.00 e. The molecule has 0 heterocycles. The second-order valence-electron chi connectivity index (χ2n) is 3.41. The summed E-state index contributed by atoms with van der Waals surface area (Å²) in [4.78, 5) is 22.1. The summed E-state index contributed by atoms with van der Waals surface area (Å²) in [7, 11) is 0. The Bertz CT molecular complexity index is 532. The summed E-state index contributed by atoms with van der Waals surface area (Å²) in [6.07, 6.45) is 1.72. The molecule has 0 aromatic heterocycles. The van der Waals surface area contributed by atoms with Crippen molar-refractivity contribution < 1.29 is 58.3 Å². The molecule has 2 rings (SSSR count). The number of nitrogens with one attached hydrogen (secondary N) is 1. The van der Waals surface area contributed by atoms with Crippen molar-refractivity contribution in [3.05, 3.63) is 65.7 Å². The molecule has 5 nitrogen and oxygen atoms in total. The van der Waals surface area contributed by atoms with Crippen molar-refractivity contribution in [2.45, 2.75) is 0 Å². The van der Waals surface area contributed by atoms with Gasteiger partial charge in [0.15, 0.2) is 0 Å². The van der Waals surface area contributed by atoms with Gasteiger partial charge in [0, 0.05) is 5.56 Å². The minimum absolute atomic E-state index is 0. The maximum atomic E-state index is 11.8. The van der Waals surface area contributed by atoms with Gasteiger partial charge in [0.05, 0.1) is 0 Å². The van der Waals surface area contributed by atoms with E-state index in [1.807, 2.05) is 6.07 Å². The largest absolute Gasteiger partial charge is 1.00 e. The molecule has 0 radical (unpaired) electrons. The van der Waals surface area contributed by atoms with E-state index in [0.29, 0.717) is 16.8 Å². The number of benzene rings is 2. The van der Waals surface area contributed by atoms with E-state index in [4.69, 9.17) is 0 Å². The number of carbonyl (C=O) groups excluding carboxylic acids is 2. The molecule has 2 aromatic carbocycles. The van der Waals surface area contributed by atoms with Gasteiger partial charge in [-0.1, -0.05) is 18.2 Å². The molecule has 0 aliphatic carbocycles. The second-order valence-corrected chi connectivity index (χ2v) is 3.41. The molecule has 0 spiro atoms. The van der Waals surface area contributed by atoms with Crippen molar-refractivity contribution in [2.24, 2.45) is 0 Å². The van der Waals surface area contributed by atoms with Gasteiger partial charge in [0.25, 0.3) is 5.91 Å². The first-order chi connectivity index (χ1) is 8.29. The second kappa shape index (κ2) is 12.4. The molecule has 0 fully saturated rings. The fourth-order valence-electron chi connectivity index (χ4n) is 1.36. The van der Waals surface area contributed by atoms with Gasteiger partial charge in [-0.3, -0.25) is 10.9 Å². The molecule has 0 atom stereocenters. The van der Waals surface area contributed by atoms with Crippen LogP contribution in [-0.4, -0.2) is 23.1 Å². The first kappa shape index (κ1) is 24.7. The number of anilines is 1. The van der Waals surface area contributed by atoms with Crippen molar-refractivity contribution >= 4 is 17.9 Å². The average molecular weight is 271 g/mol.